The average molecular weight is 299 g/mol. The molecule has 0 atom stereocenters. The Hall–Kier alpha value is -2.48. The maximum Gasteiger partial charge on any atom is 0.243 e. The molecule has 0 heterocycles. The highest BCUT2D eigenvalue weighted by molar-refractivity contribution is 6.96. The minimum atomic E-state index is 0.162. The van der Waals surface area contributed by atoms with E-state index in [9.17, 15) is 0 Å². The summed E-state index contributed by atoms with van der Waals surface area (Å²) in [5.41, 5.74) is 14.9. The van der Waals surface area contributed by atoms with E-state index in [-0.39, 0.29) is 6.71 Å². The van der Waals surface area contributed by atoms with Gasteiger partial charge in [-0.1, -0.05) is 77.7 Å². The number of rotatable bonds is 3. The van der Waals surface area contributed by atoms with Gasteiger partial charge in [0.25, 0.3) is 0 Å². The first-order valence-electron chi connectivity index (χ1n) is 8.05. The molecule has 2 heteroatoms. The highest BCUT2D eigenvalue weighted by Crippen LogP contribution is 2.18. The van der Waals surface area contributed by atoms with Crippen LogP contribution in [0, 0.1) is 20.8 Å². The maximum atomic E-state index is 6.53. The van der Waals surface area contributed by atoms with Crippen LogP contribution in [0.3, 0.4) is 0 Å². The molecule has 0 bridgehead atoms. The highest BCUT2D eigenvalue weighted by atomic mass is 14.6. The van der Waals surface area contributed by atoms with Crippen LogP contribution >= 0.6 is 0 Å². The van der Waals surface area contributed by atoms with Crippen molar-refractivity contribution in [3.05, 3.63) is 83.4 Å². The Morgan fingerprint density at radius 1 is 0.696 bits per heavy atom. The van der Waals surface area contributed by atoms with E-state index in [1.807, 2.05) is 0 Å². The number of anilines is 1. The summed E-state index contributed by atoms with van der Waals surface area (Å²) in [6.07, 6.45) is 0. The van der Waals surface area contributed by atoms with Gasteiger partial charge in [0, 0.05) is 5.69 Å². The minimum absolute atomic E-state index is 0.162. The number of hydrogen-bond acceptors (Lipinski definition) is 1. The Kier molecular flexibility index (Phi) is 4.25. The molecular formula is C21H22BN. The molecule has 3 rings (SSSR count). The van der Waals surface area contributed by atoms with Crippen molar-refractivity contribution >= 4 is 28.8 Å². The smallest absolute Gasteiger partial charge is 0.243 e. The second-order valence-electron chi connectivity index (χ2n) is 6.20. The molecule has 0 saturated carbocycles. The average Bonchev–Trinajstić information content (AvgIpc) is 2.60. The van der Waals surface area contributed by atoms with Gasteiger partial charge in [-0.3, -0.25) is 0 Å². The molecule has 0 unspecified atom stereocenters. The molecule has 0 aliphatic heterocycles. The first-order valence-corrected chi connectivity index (χ1v) is 8.05. The molecule has 0 saturated heterocycles. The summed E-state index contributed by atoms with van der Waals surface area (Å²) in [5, 5.41) is 0. The van der Waals surface area contributed by atoms with Crippen LogP contribution in [0.15, 0.2) is 66.7 Å². The van der Waals surface area contributed by atoms with Crippen LogP contribution in [0.2, 0.25) is 0 Å². The molecule has 1 nitrogen and oxygen atoms in total. The molecule has 2 N–H and O–H groups in total. The third-order valence-electron chi connectivity index (χ3n) is 4.82. The van der Waals surface area contributed by atoms with Crippen LogP contribution in [0.1, 0.15) is 16.7 Å². The summed E-state index contributed by atoms with van der Waals surface area (Å²) in [7, 11) is 0. The highest BCUT2D eigenvalue weighted by Gasteiger charge is 2.25. The van der Waals surface area contributed by atoms with Crippen molar-refractivity contribution in [3.63, 3.8) is 0 Å². The van der Waals surface area contributed by atoms with Gasteiger partial charge in [0.2, 0.25) is 6.71 Å². The van der Waals surface area contributed by atoms with Crippen molar-refractivity contribution in [2.45, 2.75) is 20.8 Å². The topological polar surface area (TPSA) is 26.0 Å². The quantitative estimate of drug-likeness (QED) is 0.584. The normalized spacial score (nSPS) is 10.6. The summed E-state index contributed by atoms with van der Waals surface area (Å²) < 4.78 is 0. The van der Waals surface area contributed by atoms with Crippen LogP contribution in [0.5, 0.6) is 0 Å². The fraction of sp³-hybridized carbons (Fsp3) is 0.143. The molecule has 0 aromatic heterocycles. The van der Waals surface area contributed by atoms with Crippen molar-refractivity contribution in [3.8, 4) is 0 Å². The lowest BCUT2D eigenvalue weighted by molar-refractivity contribution is 1.28. The van der Waals surface area contributed by atoms with Crippen LogP contribution < -0.4 is 22.1 Å². The fourth-order valence-electron chi connectivity index (χ4n) is 3.21. The largest absolute Gasteiger partial charge is 0.399 e. The number of nitrogens with two attached hydrogens (primary N) is 1. The van der Waals surface area contributed by atoms with Gasteiger partial charge in [0.05, 0.1) is 0 Å². The molecule has 3 aromatic carbocycles. The second kappa shape index (κ2) is 6.33. The predicted octanol–water partition coefficient (Wildman–Crippen LogP) is 2.71. The maximum absolute atomic E-state index is 6.53. The van der Waals surface area contributed by atoms with Crippen molar-refractivity contribution in [1.29, 1.82) is 0 Å². The van der Waals surface area contributed by atoms with Gasteiger partial charge < -0.3 is 5.73 Å². The molecule has 3 aromatic rings. The zero-order valence-corrected chi connectivity index (χ0v) is 14.0. The molecular weight excluding hydrogens is 277 g/mol. The second-order valence-corrected chi connectivity index (χ2v) is 6.20. The number of hydrogen-bond donors (Lipinski definition) is 1. The Morgan fingerprint density at radius 2 is 1.17 bits per heavy atom. The van der Waals surface area contributed by atoms with Gasteiger partial charge in [-0.25, -0.2) is 0 Å². The first-order chi connectivity index (χ1) is 11.1. The third-order valence-corrected chi connectivity index (χ3v) is 4.82. The van der Waals surface area contributed by atoms with Gasteiger partial charge in [-0.05, 0) is 42.9 Å². The van der Waals surface area contributed by atoms with Crippen molar-refractivity contribution < 1.29 is 0 Å². The molecule has 23 heavy (non-hydrogen) atoms. The number of aryl methyl sites for hydroxylation is 1. The summed E-state index contributed by atoms with van der Waals surface area (Å²) >= 11 is 0. The molecule has 0 amide bonds. The molecule has 114 valence electrons. The molecule has 0 spiro atoms. The lowest BCUT2D eigenvalue weighted by atomic mass is 9.36. The van der Waals surface area contributed by atoms with Crippen LogP contribution in [-0.4, -0.2) is 6.71 Å². The lowest BCUT2D eigenvalue weighted by Gasteiger charge is -2.21. The van der Waals surface area contributed by atoms with E-state index in [0.717, 1.165) is 5.69 Å². The van der Waals surface area contributed by atoms with Crippen molar-refractivity contribution in [2.75, 3.05) is 5.73 Å². The predicted molar refractivity (Wildman–Crippen MR) is 103 cm³/mol. The summed E-state index contributed by atoms with van der Waals surface area (Å²) in [6, 6.07) is 23.5. The summed E-state index contributed by atoms with van der Waals surface area (Å²) in [5.74, 6) is 0. The fourth-order valence-corrected chi connectivity index (χ4v) is 3.21. The standard InChI is InChI=1S/C21H22BN/c1-15-14-20(21(23)17(3)16(15)2)22(18-10-6-4-7-11-18)19-12-8-5-9-13-19/h4-14H,23H2,1-3H3. The van der Waals surface area contributed by atoms with E-state index in [4.69, 9.17) is 5.73 Å². The van der Waals surface area contributed by atoms with E-state index in [2.05, 4.69) is 87.5 Å². The van der Waals surface area contributed by atoms with E-state index in [0.29, 0.717) is 0 Å². The number of nitrogen functional groups attached to an aromatic ring is 1. The van der Waals surface area contributed by atoms with Gasteiger partial charge in [-0.15, -0.1) is 0 Å². The lowest BCUT2D eigenvalue weighted by Crippen LogP contribution is -2.53. The van der Waals surface area contributed by atoms with Gasteiger partial charge in [0.15, 0.2) is 0 Å². The van der Waals surface area contributed by atoms with Crippen molar-refractivity contribution in [2.24, 2.45) is 0 Å². The van der Waals surface area contributed by atoms with Crippen LogP contribution in [0.4, 0.5) is 5.69 Å². The van der Waals surface area contributed by atoms with Crippen LogP contribution in [-0.2, 0) is 0 Å². The Labute approximate surface area is 139 Å². The summed E-state index contributed by atoms with van der Waals surface area (Å²) in [6.45, 7) is 6.59. The number of benzene rings is 3. The molecule has 0 aliphatic carbocycles. The Balaban J connectivity index is 2.26. The van der Waals surface area contributed by atoms with Gasteiger partial charge >= 0.3 is 0 Å². The zero-order valence-electron chi connectivity index (χ0n) is 14.0. The zero-order chi connectivity index (χ0) is 16.4. The van der Waals surface area contributed by atoms with Crippen LogP contribution in [0.25, 0.3) is 0 Å². The molecule has 0 aliphatic rings. The first kappa shape index (κ1) is 15.4. The van der Waals surface area contributed by atoms with E-state index < -0.39 is 0 Å². The van der Waals surface area contributed by atoms with Crippen molar-refractivity contribution in [1.82, 2.24) is 0 Å². The van der Waals surface area contributed by atoms with E-state index in [1.165, 1.54) is 33.1 Å². The van der Waals surface area contributed by atoms with Gasteiger partial charge in [0.1, 0.15) is 0 Å². The third kappa shape index (κ3) is 2.89. The van der Waals surface area contributed by atoms with E-state index in [1.54, 1.807) is 0 Å². The SMILES string of the molecule is Cc1cc(B(c2ccccc2)c2ccccc2)c(N)c(C)c1C. The summed E-state index contributed by atoms with van der Waals surface area (Å²) in [4.78, 5) is 0. The van der Waals surface area contributed by atoms with E-state index >= 15 is 0 Å². The Morgan fingerprint density at radius 3 is 1.65 bits per heavy atom. The van der Waals surface area contributed by atoms with Gasteiger partial charge in [-0.2, -0.15) is 0 Å². The molecule has 0 radical (unpaired) electrons. The molecule has 0 fully saturated rings. The monoisotopic (exact) mass is 299 g/mol. The Bertz CT molecular complexity index is 771. The minimum Gasteiger partial charge on any atom is -0.399 e.